The summed E-state index contributed by atoms with van der Waals surface area (Å²) in [4.78, 5) is 25.4. The number of ether oxygens (including phenoxy) is 1. The fourth-order valence-corrected chi connectivity index (χ4v) is 2.34. The lowest BCUT2D eigenvalue weighted by Crippen LogP contribution is -2.42. The number of carbonyl (C=O) groups excluding carboxylic acids is 2. The Morgan fingerprint density at radius 3 is 2.48 bits per heavy atom. The van der Waals surface area contributed by atoms with Gasteiger partial charge < -0.3 is 20.7 Å². The van der Waals surface area contributed by atoms with Gasteiger partial charge in [-0.3, -0.25) is 9.59 Å². The lowest BCUT2D eigenvalue weighted by Gasteiger charge is -2.27. The smallest absolute Gasteiger partial charge is 0.224 e. The van der Waals surface area contributed by atoms with Crippen molar-refractivity contribution in [2.75, 3.05) is 39.4 Å². The Bertz CT molecular complexity index is 339. The van der Waals surface area contributed by atoms with E-state index in [1.165, 1.54) is 0 Å². The number of amides is 2. The predicted molar refractivity (Wildman–Crippen MR) is 81.7 cm³/mol. The van der Waals surface area contributed by atoms with Crippen LogP contribution in [0.3, 0.4) is 0 Å². The molecule has 0 aromatic heterocycles. The molecular weight excluding hydrogens is 270 g/mol. The molecule has 0 bridgehead atoms. The Labute approximate surface area is 127 Å². The zero-order chi connectivity index (χ0) is 15.7. The number of hydrogen-bond donors (Lipinski definition) is 2. The Balaban J connectivity index is 2.14. The van der Waals surface area contributed by atoms with Gasteiger partial charge in [0.15, 0.2) is 0 Å². The average molecular weight is 299 g/mol. The van der Waals surface area contributed by atoms with Crippen LogP contribution in [0.5, 0.6) is 0 Å². The molecule has 1 fully saturated rings. The maximum Gasteiger partial charge on any atom is 0.224 e. The number of nitrogens with two attached hydrogens (primary N) is 1. The van der Waals surface area contributed by atoms with Gasteiger partial charge in [-0.15, -0.1) is 0 Å². The molecule has 0 atom stereocenters. The SMILES string of the molecule is CC(C)(CCN)CCC(=O)NCCC(=O)N1CCOCC1. The van der Waals surface area contributed by atoms with Crippen molar-refractivity contribution in [3.05, 3.63) is 0 Å². The molecule has 0 spiro atoms. The van der Waals surface area contributed by atoms with E-state index in [9.17, 15) is 9.59 Å². The number of carbonyl (C=O) groups is 2. The first-order chi connectivity index (χ1) is 9.94. The van der Waals surface area contributed by atoms with Gasteiger partial charge in [0.2, 0.25) is 11.8 Å². The molecule has 122 valence electrons. The highest BCUT2D eigenvalue weighted by atomic mass is 16.5. The van der Waals surface area contributed by atoms with Crippen molar-refractivity contribution in [3.63, 3.8) is 0 Å². The summed E-state index contributed by atoms with van der Waals surface area (Å²) in [7, 11) is 0. The van der Waals surface area contributed by atoms with Crippen LogP contribution in [0.4, 0.5) is 0 Å². The van der Waals surface area contributed by atoms with Crippen LogP contribution in [0.1, 0.15) is 39.5 Å². The molecule has 2 amide bonds. The summed E-state index contributed by atoms with van der Waals surface area (Å²) in [6, 6.07) is 0. The van der Waals surface area contributed by atoms with Gasteiger partial charge in [-0.05, 0) is 24.8 Å². The normalized spacial score (nSPS) is 15.9. The zero-order valence-corrected chi connectivity index (χ0v) is 13.3. The fraction of sp³-hybridized carbons (Fsp3) is 0.867. The maximum atomic E-state index is 11.9. The molecule has 3 N–H and O–H groups in total. The van der Waals surface area contributed by atoms with E-state index in [2.05, 4.69) is 19.2 Å². The zero-order valence-electron chi connectivity index (χ0n) is 13.3. The highest BCUT2D eigenvalue weighted by molar-refractivity contribution is 5.79. The highest BCUT2D eigenvalue weighted by Crippen LogP contribution is 2.25. The Hall–Kier alpha value is -1.14. The molecule has 1 aliphatic rings. The number of nitrogens with one attached hydrogen (secondary N) is 1. The quantitative estimate of drug-likeness (QED) is 0.684. The van der Waals surface area contributed by atoms with E-state index >= 15 is 0 Å². The van der Waals surface area contributed by atoms with Crippen molar-refractivity contribution < 1.29 is 14.3 Å². The van der Waals surface area contributed by atoms with Gasteiger partial charge in [-0.25, -0.2) is 0 Å². The molecule has 1 aliphatic heterocycles. The van der Waals surface area contributed by atoms with Crippen LogP contribution in [-0.4, -0.2) is 56.1 Å². The van der Waals surface area contributed by atoms with E-state index in [1.807, 2.05) is 0 Å². The van der Waals surface area contributed by atoms with Crippen LogP contribution < -0.4 is 11.1 Å². The van der Waals surface area contributed by atoms with Crippen molar-refractivity contribution in [1.29, 1.82) is 0 Å². The molecule has 1 saturated heterocycles. The van der Waals surface area contributed by atoms with Crippen LogP contribution in [0.15, 0.2) is 0 Å². The molecule has 1 rings (SSSR count). The molecule has 21 heavy (non-hydrogen) atoms. The van der Waals surface area contributed by atoms with Gasteiger partial charge in [0.25, 0.3) is 0 Å². The summed E-state index contributed by atoms with van der Waals surface area (Å²) in [5, 5.41) is 2.82. The summed E-state index contributed by atoms with van der Waals surface area (Å²) in [6.07, 6.45) is 2.57. The van der Waals surface area contributed by atoms with E-state index in [0.29, 0.717) is 52.2 Å². The average Bonchev–Trinajstić information content (AvgIpc) is 2.46. The summed E-state index contributed by atoms with van der Waals surface area (Å²) < 4.78 is 5.20. The minimum Gasteiger partial charge on any atom is -0.378 e. The first kappa shape index (κ1) is 17.9. The third-order valence-corrected chi connectivity index (χ3v) is 3.87. The first-order valence-electron chi connectivity index (χ1n) is 7.77. The van der Waals surface area contributed by atoms with E-state index in [4.69, 9.17) is 10.5 Å². The second kappa shape index (κ2) is 9.00. The fourth-order valence-electron chi connectivity index (χ4n) is 2.34. The van der Waals surface area contributed by atoms with Crippen LogP contribution in [0.2, 0.25) is 0 Å². The van der Waals surface area contributed by atoms with Crippen LogP contribution >= 0.6 is 0 Å². The standard InChI is InChI=1S/C15H29N3O3/c1-15(2,6-7-16)5-3-13(19)17-8-4-14(20)18-9-11-21-12-10-18/h3-12,16H2,1-2H3,(H,17,19). The second-order valence-electron chi connectivity index (χ2n) is 6.30. The van der Waals surface area contributed by atoms with Crippen molar-refractivity contribution >= 4 is 11.8 Å². The molecule has 1 heterocycles. The van der Waals surface area contributed by atoms with Gasteiger partial charge in [0.05, 0.1) is 13.2 Å². The molecule has 0 unspecified atom stereocenters. The van der Waals surface area contributed by atoms with Crippen molar-refractivity contribution in [2.24, 2.45) is 11.1 Å². The molecule has 0 radical (unpaired) electrons. The molecular formula is C15H29N3O3. The first-order valence-corrected chi connectivity index (χ1v) is 7.77. The Kier molecular flexibility index (Phi) is 7.67. The van der Waals surface area contributed by atoms with Crippen molar-refractivity contribution in [2.45, 2.75) is 39.5 Å². The molecule has 0 aliphatic carbocycles. The van der Waals surface area contributed by atoms with Crippen LogP contribution in [-0.2, 0) is 14.3 Å². The third-order valence-electron chi connectivity index (χ3n) is 3.87. The van der Waals surface area contributed by atoms with E-state index in [0.717, 1.165) is 12.8 Å². The Morgan fingerprint density at radius 2 is 1.86 bits per heavy atom. The minimum atomic E-state index is 0.00914. The summed E-state index contributed by atoms with van der Waals surface area (Å²) >= 11 is 0. The molecule has 0 saturated carbocycles. The minimum absolute atomic E-state index is 0.00914. The lowest BCUT2D eigenvalue weighted by atomic mass is 9.84. The number of nitrogens with zero attached hydrogens (tertiary/aromatic N) is 1. The van der Waals surface area contributed by atoms with E-state index < -0.39 is 0 Å². The van der Waals surface area contributed by atoms with E-state index in [1.54, 1.807) is 4.90 Å². The summed E-state index contributed by atoms with van der Waals surface area (Å²) in [5.74, 6) is 0.0944. The predicted octanol–water partition coefficient (Wildman–Crippen LogP) is 0.507. The van der Waals surface area contributed by atoms with Gasteiger partial charge in [-0.1, -0.05) is 13.8 Å². The lowest BCUT2D eigenvalue weighted by molar-refractivity contribution is -0.135. The second-order valence-corrected chi connectivity index (χ2v) is 6.30. The molecule has 6 heteroatoms. The summed E-state index contributed by atoms with van der Waals surface area (Å²) in [5.41, 5.74) is 5.65. The monoisotopic (exact) mass is 299 g/mol. The summed E-state index contributed by atoms with van der Waals surface area (Å²) in [6.45, 7) is 7.81. The van der Waals surface area contributed by atoms with Gasteiger partial charge in [0.1, 0.15) is 0 Å². The number of hydrogen-bond acceptors (Lipinski definition) is 4. The number of morpholine rings is 1. The highest BCUT2D eigenvalue weighted by Gasteiger charge is 2.19. The van der Waals surface area contributed by atoms with Gasteiger partial charge in [0, 0.05) is 32.5 Å². The largest absolute Gasteiger partial charge is 0.378 e. The molecule has 0 aromatic carbocycles. The van der Waals surface area contributed by atoms with E-state index in [-0.39, 0.29) is 17.2 Å². The topological polar surface area (TPSA) is 84.7 Å². The van der Waals surface area contributed by atoms with Gasteiger partial charge in [-0.2, -0.15) is 0 Å². The van der Waals surface area contributed by atoms with Crippen LogP contribution in [0.25, 0.3) is 0 Å². The van der Waals surface area contributed by atoms with Crippen molar-refractivity contribution in [1.82, 2.24) is 10.2 Å². The van der Waals surface area contributed by atoms with Gasteiger partial charge >= 0.3 is 0 Å². The van der Waals surface area contributed by atoms with Crippen LogP contribution in [0, 0.1) is 5.41 Å². The molecule has 0 aromatic rings. The Morgan fingerprint density at radius 1 is 1.19 bits per heavy atom. The molecule has 6 nitrogen and oxygen atoms in total. The third kappa shape index (κ3) is 7.43. The van der Waals surface area contributed by atoms with Crippen molar-refractivity contribution in [3.8, 4) is 0 Å². The maximum absolute atomic E-state index is 11.9. The number of rotatable bonds is 8.